The Labute approximate surface area is 169 Å². The molecule has 1 aromatic heterocycles. The highest BCUT2D eigenvalue weighted by Crippen LogP contribution is 2.45. The summed E-state index contributed by atoms with van der Waals surface area (Å²) < 4.78 is 16.4. The molecule has 2 aromatic rings. The summed E-state index contributed by atoms with van der Waals surface area (Å²) in [6.45, 7) is 5.86. The summed E-state index contributed by atoms with van der Waals surface area (Å²) in [5.74, 6) is 0.816. The SMILES string of the molecule is COc1cc(=O)c(CCC[C@@]2(C)O[C@@H]2/C(C)=C/c2ccc(N([O-])O)cc2)c(C)o1. The lowest BCUT2D eigenvalue weighted by Gasteiger charge is -2.21. The Balaban J connectivity index is 1.58. The second-order valence-electron chi connectivity index (χ2n) is 7.59. The number of rotatable bonds is 8. The van der Waals surface area contributed by atoms with Gasteiger partial charge in [0.1, 0.15) is 11.9 Å². The lowest BCUT2D eigenvalue weighted by molar-refractivity contribution is 0.284. The number of nitrogens with zero attached hydrogens (tertiary/aromatic N) is 1. The number of hydrogen-bond acceptors (Lipinski definition) is 7. The molecule has 7 nitrogen and oxygen atoms in total. The molecule has 0 aliphatic carbocycles. The summed E-state index contributed by atoms with van der Waals surface area (Å²) >= 11 is 0. The van der Waals surface area contributed by atoms with E-state index >= 15 is 0 Å². The molecule has 29 heavy (non-hydrogen) atoms. The molecule has 2 heterocycles. The molecule has 7 heteroatoms. The van der Waals surface area contributed by atoms with E-state index in [0.29, 0.717) is 17.7 Å². The Morgan fingerprint density at radius 2 is 2.07 bits per heavy atom. The molecule has 3 rings (SSSR count). The standard InChI is InChI=1S/C22H26NO6/c1-14(12-16-7-9-17(10-8-16)23(25)26)21-22(3,29-21)11-5-6-18-15(2)28-20(27-4)13-19(18)24/h7-10,12-13,21,25H,5-6,11H2,1-4H3/q-1/b14-12+/t21-,22-/m1/s1. The van der Waals surface area contributed by atoms with Crippen LogP contribution >= 0.6 is 0 Å². The largest absolute Gasteiger partial charge is 0.733 e. The van der Waals surface area contributed by atoms with Crippen LogP contribution in [0.5, 0.6) is 5.95 Å². The van der Waals surface area contributed by atoms with Crippen molar-refractivity contribution in [1.29, 1.82) is 0 Å². The summed E-state index contributed by atoms with van der Waals surface area (Å²) in [5.41, 5.74) is 2.56. The molecule has 1 aliphatic rings. The van der Waals surface area contributed by atoms with Crippen molar-refractivity contribution < 1.29 is 19.1 Å². The average molecular weight is 400 g/mol. The fourth-order valence-electron chi connectivity index (χ4n) is 3.66. The van der Waals surface area contributed by atoms with Crippen molar-refractivity contribution >= 4 is 11.8 Å². The van der Waals surface area contributed by atoms with E-state index in [2.05, 4.69) is 6.92 Å². The smallest absolute Gasteiger partial charge is 0.288 e. The van der Waals surface area contributed by atoms with E-state index in [1.807, 2.05) is 13.0 Å². The van der Waals surface area contributed by atoms with Crippen LogP contribution < -0.4 is 15.4 Å². The van der Waals surface area contributed by atoms with E-state index in [1.165, 1.54) is 13.2 Å². The molecular formula is C22H26NO6-. The summed E-state index contributed by atoms with van der Waals surface area (Å²) in [6, 6.07) is 8.03. The van der Waals surface area contributed by atoms with Crippen LogP contribution in [0.15, 0.2) is 45.1 Å². The average Bonchev–Trinajstić information content (AvgIpc) is 3.36. The van der Waals surface area contributed by atoms with Crippen molar-refractivity contribution in [1.82, 2.24) is 0 Å². The molecule has 2 atom stereocenters. The molecule has 1 N–H and O–H groups in total. The Morgan fingerprint density at radius 3 is 2.66 bits per heavy atom. The minimum absolute atomic E-state index is 0.0180. The third-order valence-corrected chi connectivity index (χ3v) is 5.33. The molecule has 1 fully saturated rings. The van der Waals surface area contributed by atoms with Gasteiger partial charge in [-0.3, -0.25) is 10.0 Å². The first-order valence-electron chi connectivity index (χ1n) is 9.53. The molecule has 156 valence electrons. The zero-order chi connectivity index (χ0) is 21.2. The summed E-state index contributed by atoms with van der Waals surface area (Å²) in [7, 11) is 1.47. The summed E-state index contributed by atoms with van der Waals surface area (Å²) in [6.07, 6.45) is 4.28. The fourth-order valence-corrected chi connectivity index (χ4v) is 3.66. The Hall–Kier alpha value is -2.61. The van der Waals surface area contributed by atoms with E-state index in [1.54, 1.807) is 31.2 Å². The van der Waals surface area contributed by atoms with Crippen molar-refractivity contribution in [2.45, 2.75) is 51.7 Å². The normalized spacial score (nSPS) is 21.2. The lowest BCUT2D eigenvalue weighted by atomic mass is 9.94. The van der Waals surface area contributed by atoms with E-state index in [4.69, 9.17) is 19.1 Å². The summed E-state index contributed by atoms with van der Waals surface area (Å²) in [5, 5.41) is 19.6. The number of ether oxygens (including phenoxy) is 2. The number of benzene rings is 1. The van der Waals surface area contributed by atoms with Gasteiger partial charge in [-0.25, -0.2) is 0 Å². The van der Waals surface area contributed by atoms with E-state index in [9.17, 15) is 10.0 Å². The van der Waals surface area contributed by atoms with E-state index in [-0.39, 0.29) is 34.0 Å². The van der Waals surface area contributed by atoms with Gasteiger partial charge < -0.3 is 24.3 Å². The summed E-state index contributed by atoms with van der Waals surface area (Å²) in [4.78, 5) is 12.2. The highest BCUT2D eigenvalue weighted by molar-refractivity contribution is 5.58. The maximum atomic E-state index is 12.2. The topological polar surface area (TPSA) is 98.5 Å². The van der Waals surface area contributed by atoms with Gasteiger partial charge in [0.2, 0.25) is 0 Å². The van der Waals surface area contributed by atoms with Crippen molar-refractivity contribution in [2.24, 2.45) is 0 Å². The van der Waals surface area contributed by atoms with Crippen LogP contribution in [0, 0.1) is 12.1 Å². The fraction of sp³-hybridized carbons (Fsp3) is 0.409. The highest BCUT2D eigenvalue weighted by Gasteiger charge is 2.52. The second kappa shape index (κ2) is 8.41. The van der Waals surface area contributed by atoms with Gasteiger partial charge in [-0.2, -0.15) is 0 Å². The first-order chi connectivity index (χ1) is 13.7. The molecule has 0 radical (unpaired) electrons. The van der Waals surface area contributed by atoms with Crippen LogP contribution in [0.25, 0.3) is 6.08 Å². The number of aryl methyl sites for hydroxylation is 1. The number of methoxy groups -OCH3 is 1. The second-order valence-corrected chi connectivity index (χ2v) is 7.59. The molecular weight excluding hydrogens is 374 g/mol. The Morgan fingerprint density at radius 1 is 1.38 bits per heavy atom. The zero-order valence-corrected chi connectivity index (χ0v) is 17.1. The lowest BCUT2D eigenvalue weighted by Crippen LogP contribution is -2.14. The molecule has 1 aliphatic heterocycles. The van der Waals surface area contributed by atoms with E-state index in [0.717, 1.165) is 24.0 Å². The number of anilines is 1. The van der Waals surface area contributed by atoms with Gasteiger partial charge in [0.15, 0.2) is 5.43 Å². The van der Waals surface area contributed by atoms with Gasteiger partial charge >= 0.3 is 0 Å². The van der Waals surface area contributed by atoms with Gasteiger partial charge in [0, 0.05) is 5.56 Å². The van der Waals surface area contributed by atoms with Crippen molar-refractivity contribution in [2.75, 3.05) is 12.3 Å². The molecule has 1 aromatic carbocycles. The quantitative estimate of drug-likeness (QED) is 0.523. The van der Waals surface area contributed by atoms with E-state index < -0.39 is 0 Å². The van der Waals surface area contributed by atoms with Crippen molar-refractivity contribution in [3.63, 3.8) is 0 Å². The maximum Gasteiger partial charge on any atom is 0.288 e. The molecule has 0 bridgehead atoms. The van der Waals surface area contributed by atoms with Crippen LogP contribution in [0.4, 0.5) is 5.69 Å². The van der Waals surface area contributed by atoms with Gasteiger partial charge in [-0.15, -0.1) is 0 Å². The Kier molecular flexibility index (Phi) is 6.12. The number of epoxide rings is 1. The van der Waals surface area contributed by atoms with Gasteiger partial charge in [0.05, 0.1) is 24.5 Å². The number of hydrogen-bond donors (Lipinski definition) is 1. The van der Waals surface area contributed by atoms with Crippen LogP contribution in [-0.4, -0.2) is 24.0 Å². The molecule has 0 unspecified atom stereocenters. The third-order valence-electron chi connectivity index (χ3n) is 5.33. The minimum Gasteiger partial charge on any atom is -0.733 e. The highest BCUT2D eigenvalue weighted by atomic mass is 16.8. The molecule has 0 spiro atoms. The maximum absolute atomic E-state index is 12.2. The van der Waals surface area contributed by atoms with Crippen LogP contribution in [0.3, 0.4) is 0 Å². The molecule has 0 amide bonds. The first-order valence-corrected chi connectivity index (χ1v) is 9.53. The first kappa shape index (κ1) is 21.1. The van der Waals surface area contributed by atoms with Crippen LogP contribution in [0.2, 0.25) is 0 Å². The van der Waals surface area contributed by atoms with Crippen LogP contribution in [0.1, 0.15) is 43.6 Å². The third kappa shape index (κ3) is 4.87. The zero-order valence-electron chi connectivity index (χ0n) is 17.1. The Bertz CT molecular complexity index is 947. The molecule has 1 saturated heterocycles. The van der Waals surface area contributed by atoms with Gasteiger partial charge in [0.25, 0.3) is 5.95 Å². The van der Waals surface area contributed by atoms with Gasteiger partial charge in [-0.05, 0) is 63.3 Å². The molecule has 0 saturated carbocycles. The van der Waals surface area contributed by atoms with Crippen molar-refractivity contribution in [3.8, 4) is 5.95 Å². The van der Waals surface area contributed by atoms with Gasteiger partial charge in [-0.1, -0.05) is 18.2 Å². The minimum atomic E-state index is -0.252. The monoisotopic (exact) mass is 400 g/mol. The predicted molar refractivity (Wildman–Crippen MR) is 110 cm³/mol. The van der Waals surface area contributed by atoms with Crippen LogP contribution in [-0.2, 0) is 11.2 Å². The predicted octanol–water partition coefficient (Wildman–Crippen LogP) is 4.23. The van der Waals surface area contributed by atoms with Crippen molar-refractivity contribution in [3.05, 3.63) is 68.2 Å².